The van der Waals surface area contributed by atoms with Gasteiger partial charge in [0.15, 0.2) is 0 Å². The van der Waals surface area contributed by atoms with Crippen molar-refractivity contribution in [3.8, 4) is 0 Å². The molecule has 2 atom stereocenters. The third kappa shape index (κ3) is 2.06. The van der Waals surface area contributed by atoms with Gasteiger partial charge in [-0.2, -0.15) is 0 Å². The standard InChI is InChI=1S/C12H21N3OS/c1-8-6-15(7-9(2)14(8)3)11(16)12(4-5-12)10(13)17/h8-9H,4-7H2,1-3H3,(H2,13,17). The maximum atomic E-state index is 12.5. The SMILES string of the molecule is CC1CN(C(=O)C2(C(N)=S)CC2)CC(C)N1C. The first-order chi connectivity index (χ1) is 7.88. The lowest BCUT2D eigenvalue weighted by Gasteiger charge is -2.43. The number of nitrogens with two attached hydrogens (primary N) is 1. The summed E-state index contributed by atoms with van der Waals surface area (Å²) in [6, 6.07) is 0.787. The van der Waals surface area contributed by atoms with Crippen molar-refractivity contribution in [2.24, 2.45) is 11.1 Å². The van der Waals surface area contributed by atoms with E-state index in [1.54, 1.807) is 0 Å². The number of carbonyl (C=O) groups excluding carboxylic acids is 1. The molecule has 4 nitrogen and oxygen atoms in total. The fraction of sp³-hybridized carbons (Fsp3) is 0.833. The molecular formula is C12H21N3OS. The zero-order valence-electron chi connectivity index (χ0n) is 10.8. The highest BCUT2D eigenvalue weighted by atomic mass is 32.1. The van der Waals surface area contributed by atoms with Gasteiger partial charge in [0, 0.05) is 25.2 Å². The maximum absolute atomic E-state index is 12.5. The Balaban J connectivity index is 2.09. The number of rotatable bonds is 2. The predicted octanol–water partition coefficient (Wildman–Crippen LogP) is 0.604. The predicted molar refractivity (Wildman–Crippen MR) is 71.7 cm³/mol. The average molecular weight is 255 g/mol. The van der Waals surface area contributed by atoms with Crippen molar-refractivity contribution in [1.82, 2.24) is 9.80 Å². The average Bonchev–Trinajstić information content (AvgIpc) is 3.05. The summed E-state index contributed by atoms with van der Waals surface area (Å²) in [6.45, 7) is 5.86. The molecule has 2 unspecified atom stereocenters. The molecule has 1 amide bonds. The normalized spacial score (nSPS) is 32.3. The van der Waals surface area contributed by atoms with Crippen molar-refractivity contribution in [3.63, 3.8) is 0 Å². The van der Waals surface area contributed by atoms with Gasteiger partial charge < -0.3 is 10.6 Å². The second-order valence-corrected chi connectivity index (χ2v) is 5.96. The van der Waals surface area contributed by atoms with Crippen LogP contribution in [0.25, 0.3) is 0 Å². The minimum Gasteiger partial charge on any atom is -0.392 e. The molecule has 0 aromatic heterocycles. The molecule has 96 valence electrons. The highest BCUT2D eigenvalue weighted by molar-refractivity contribution is 7.80. The van der Waals surface area contributed by atoms with Gasteiger partial charge in [-0.15, -0.1) is 0 Å². The number of likely N-dealkylation sites (N-methyl/N-ethyl adjacent to an activating group) is 1. The molecule has 2 N–H and O–H groups in total. The number of nitrogens with zero attached hydrogens (tertiary/aromatic N) is 2. The first-order valence-electron chi connectivity index (χ1n) is 6.19. The lowest BCUT2D eigenvalue weighted by Crippen LogP contribution is -2.58. The minimum absolute atomic E-state index is 0.150. The van der Waals surface area contributed by atoms with Gasteiger partial charge >= 0.3 is 0 Å². The number of amides is 1. The minimum atomic E-state index is -0.495. The first kappa shape index (κ1) is 12.8. The zero-order valence-corrected chi connectivity index (χ0v) is 11.6. The van der Waals surface area contributed by atoms with Crippen LogP contribution in [0.5, 0.6) is 0 Å². The molecule has 0 aromatic rings. The van der Waals surface area contributed by atoms with Crippen LogP contribution < -0.4 is 5.73 Å². The Labute approximate surface area is 108 Å². The van der Waals surface area contributed by atoms with E-state index in [2.05, 4.69) is 25.8 Å². The number of hydrogen-bond acceptors (Lipinski definition) is 3. The van der Waals surface area contributed by atoms with Crippen molar-refractivity contribution in [3.05, 3.63) is 0 Å². The van der Waals surface area contributed by atoms with Gasteiger partial charge in [0.05, 0.1) is 10.4 Å². The molecule has 2 rings (SSSR count). The van der Waals surface area contributed by atoms with Gasteiger partial charge in [-0.05, 0) is 33.7 Å². The molecule has 17 heavy (non-hydrogen) atoms. The molecule has 5 heteroatoms. The van der Waals surface area contributed by atoms with E-state index in [9.17, 15) is 4.79 Å². The van der Waals surface area contributed by atoms with E-state index in [4.69, 9.17) is 18.0 Å². The summed E-state index contributed by atoms with van der Waals surface area (Å²) < 4.78 is 0. The second-order valence-electron chi connectivity index (χ2n) is 5.52. The molecule has 1 aliphatic heterocycles. The van der Waals surface area contributed by atoms with E-state index in [-0.39, 0.29) is 5.91 Å². The van der Waals surface area contributed by atoms with Crippen LogP contribution in [0.1, 0.15) is 26.7 Å². The number of carbonyl (C=O) groups is 1. The Hall–Kier alpha value is -0.680. The first-order valence-corrected chi connectivity index (χ1v) is 6.60. The topological polar surface area (TPSA) is 49.6 Å². The van der Waals surface area contributed by atoms with E-state index in [0.717, 1.165) is 25.9 Å². The van der Waals surface area contributed by atoms with E-state index in [1.165, 1.54) is 0 Å². The molecule has 1 aliphatic carbocycles. The molecule has 2 fully saturated rings. The lowest BCUT2D eigenvalue weighted by molar-refractivity contribution is -0.138. The summed E-state index contributed by atoms with van der Waals surface area (Å²) in [5.74, 6) is 0.150. The quantitative estimate of drug-likeness (QED) is 0.734. The fourth-order valence-corrected chi connectivity index (χ4v) is 2.86. The molecular weight excluding hydrogens is 234 g/mol. The van der Waals surface area contributed by atoms with Crippen molar-refractivity contribution in [2.45, 2.75) is 38.8 Å². The zero-order chi connectivity index (χ0) is 12.8. The van der Waals surface area contributed by atoms with Crippen molar-refractivity contribution < 1.29 is 4.79 Å². The molecule has 0 bridgehead atoms. The van der Waals surface area contributed by atoms with Crippen LogP contribution in [0.4, 0.5) is 0 Å². The Morgan fingerprint density at radius 1 is 1.29 bits per heavy atom. The second kappa shape index (κ2) is 4.21. The largest absolute Gasteiger partial charge is 0.392 e. The Morgan fingerprint density at radius 3 is 2.12 bits per heavy atom. The smallest absolute Gasteiger partial charge is 0.235 e. The number of piperazine rings is 1. The summed E-state index contributed by atoms with van der Waals surface area (Å²) in [7, 11) is 2.11. The fourth-order valence-electron chi connectivity index (χ4n) is 2.56. The van der Waals surface area contributed by atoms with Crippen LogP contribution >= 0.6 is 12.2 Å². The molecule has 0 radical (unpaired) electrons. The molecule has 0 spiro atoms. The summed E-state index contributed by atoms with van der Waals surface area (Å²) >= 11 is 5.04. The highest BCUT2D eigenvalue weighted by Crippen LogP contribution is 2.47. The number of hydrogen-bond donors (Lipinski definition) is 1. The molecule has 1 saturated heterocycles. The van der Waals surface area contributed by atoms with E-state index < -0.39 is 5.41 Å². The van der Waals surface area contributed by atoms with Crippen LogP contribution in [0, 0.1) is 5.41 Å². The van der Waals surface area contributed by atoms with Crippen LogP contribution in [0.15, 0.2) is 0 Å². The van der Waals surface area contributed by atoms with E-state index >= 15 is 0 Å². The van der Waals surface area contributed by atoms with Crippen molar-refractivity contribution in [2.75, 3.05) is 20.1 Å². The lowest BCUT2D eigenvalue weighted by atomic mass is 10.0. The Kier molecular flexibility index (Phi) is 3.16. The maximum Gasteiger partial charge on any atom is 0.235 e. The van der Waals surface area contributed by atoms with Gasteiger partial charge in [-0.25, -0.2) is 0 Å². The van der Waals surface area contributed by atoms with Gasteiger partial charge in [0.1, 0.15) is 0 Å². The van der Waals surface area contributed by atoms with Crippen LogP contribution in [-0.4, -0.2) is 52.9 Å². The van der Waals surface area contributed by atoms with Gasteiger partial charge in [-0.1, -0.05) is 12.2 Å². The van der Waals surface area contributed by atoms with Gasteiger partial charge in [0.2, 0.25) is 5.91 Å². The molecule has 1 heterocycles. The van der Waals surface area contributed by atoms with E-state index in [0.29, 0.717) is 17.1 Å². The summed E-state index contributed by atoms with van der Waals surface area (Å²) in [5, 5.41) is 0. The van der Waals surface area contributed by atoms with Crippen LogP contribution in [-0.2, 0) is 4.79 Å². The third-order valence-electron chi connectivity index (χ3n) is 4.28. The third-order valence-corrected chi connectivity index (χ3v) is 4.67. The summed E-state index contributed by atoms with van der Waals surface area (Å²) in [4.78, 5) is 17.1. The monoisotopic (exact) mass is 255 g/mol. The van der Waals surface area contributed by atoms with Crippen LogP contribution in [0.2, 0.25) is 0 Å². The van der Waals surface area contributed by atoms with Crippen LogP contribution in [0.3, 0.4) is 0 Å². The summed E-state index contributed by atoms with van der Waals surface area (Å²) in [5.41, 5.74) is 5.22. The summed E-state index contributed by atoms with van der Waals surface area (Å²) in [6.07, 6.45) is 1.66. The molecule has 2 aliphatic rings. The van der Waals surface area contributed by atoms with E-state index in [1.807, 2.05) is 4.90 Å². The Bertz CT molecular complexity index is 342. The highest BCUT2D eigenvalue weighted by Gasteiger charge is 2.55. The molecule has 0 aromatic carbocycles. The molecule has 1 saturated carbocycles. The number of thiocarbonyl (C=S) groups is 1. The van der Waals surface area contributed by atoms with Crippen molar-refractivity contribution in [1.29, 1.82) is 0 Å². The van der Waals surface area contributed by atoms with Crippen molar-refractivity contribution >= 4 is 23.1 Å². The Morgan fingerprint density at radius 2 is 1.76 bits per heavy atom. The van der Waals surface area contributed by atoms with Gasteiger partial charge in [-0.3, -0.25) is 9.69 Å². The van der Waals surface area contributed by atoms with Gasteiger partial charge in [0.25, 0.3) is 0 Å².